The Kier molecular flexibility index (Phi) is 2.94. The third-order valence-corrected chi connectivity index (χ3v) is 3.44. The van der Waals surface area contributed by atoms with Gasteiger partial charge in [0.25, 0.3) is 0 Å². The first-order chi connectivity index (χ1) is 8.83. The van der Waals surface area contributed by atoms with Gasteiger partial charge in [0.2, 0.25) is 0 Å². The Morgan fingerprint density at radius 3 is 2.61 bits per heavy atom. The van der Waals surface area contributed by atoms with Crippen LogP contribution in [0.15, 0.2) is 42.5 Å². The Bertz CT molecular complexity index is 535. The molecule has 0 spiro atoms. The predicted octanol–water partition coefficient (Wildman–Crippen LogP) is 2.23. The fourth-order valence-electron chi connectivity index (χ4n) is 2.16. The van der Waals surface area contributed by atoms with E-state index in [1.807, 2.05) is 30.3 Å². The van der Waals surface area contributed by atoms with Gasteiger partial charge in [-0.25, -0.2) is 0 Å². The van der Waals surface area contributed by atoms with Gasteiger partial charge in [-0.2, -0.15) is 0 Å². The van der Waals surface area contributed by atoms with E-state index in [9.17, 15) is 5.11 Å². The van der Waals surface area contributed by atoms with Crippen LogP contribution in [0.3, 0.4) is 0 Å². The largest absolute Gasteiger partial charge is 0.492 e. The summed E-state index contributed by atoms with van der Waals surface area (Å²) >= 11 is 0. The Balaban J connectivity index is 1.82. The molecule has 1 aliphatic rings. The standard InChI is InChI=1S/C15H16O3/c16-8-15(9-17-10-15)11-18-14-7-3-5-12-4-1-2-6-13(12)14/h1-7,16H,8-11H2. The van der Waals surface area contributed by atoms with Crippen LogP contribution in [0.1, 0.15) is 0 Å². The molecule has 3 rings (SSSR count). The zero-order valence-electron chi connectivity index (χ0n) is 10.1. The molecule has 1 saturated heterocycles. The molecule has 0 atom stereocenters. The monoisotopic (exact) mass is 244 g/mol. The molecular weight excluding hydrogens is 228 g/mol. The summed E-state index contributed by atoms with van der Waals surface area (Å²) in [5, 5.41) is 11.6. The quantitative estimate of drug-likeness (QED) is 0.896. The van der Waals surface area contributed by atoms with Crippen LogP contribution < -0.4 is 4.74 Å². The molecule has 0 aromatic heterocycles. The molecule has 1 fully saturated rings. The molecule has 2 aromatic carbocycles. The second kappa shape index (κ2) is 4.59. The number of rotatable bonds is 4. The summed E-state index contributed by atoms with van der Waals surface area (Å²) < 4.78 is 11.0. The Hall–Kier alpha value is -1.58. The van der Waals surface area contributed by atoms with E-state index in [-0.39, 0.29) is 12.0 Å². The van der Waals surface area contributed by atoms with Crippen molar-refractivity contribution in [3.05, 3.63) is 42.5 Å². The van der Waals surface area contributed by atoms with Gasteiger partial charge in [-0.05, 0) is 11.5 Å². The molecule has 0 unspecified atom stereocenters. The molecule has 1 aliphatic heterocycles. The second-order valence-electron chi connectivity index (χ2n) is 4.92. The summed E-state index contributed by atoms with van der Waals surface area (Å²) in [5.41, 5.74) is -0.211. The minimum absolute atomic E-state index is 0.109. The van der Waals surface area contributed by atoms with E-state index in [0.29, 0.717) is 19.8 Å². The van der Waals surface area contributed by atoms with Crippen molar-refractivity contribution in [2.24, 2.45) is 5.41 Å². The summed E-state index contributed by atoms with van der Waals surface area (Å²) in [7, 11) is 0. The van der Waals surface area contributed by atoms with Crippen LogP contribution in [0.2, 0.25) is 0 Å². The van der Waals surface area contributed by atoms with E-state index in [1.165, 1.54) is 0 Å². The zero-order chi connectivity index (χ0) is 12.4. The van der Waals surface area contributed by atoms with E-state index >= 15 is 0 Å². The molecule has 18 heavy (non-hydrogen) atoms. The third kappa shape index (κ3) is 1.96. The van der Waals surface area contributed by atoms with Crippen molar-refractivity contribution in [1.82, 2.24) is 0 Å². The molecule has 1 N–H and O–H groups in total. The highest BCUT2D eigenvalue weighted by atomic mass is 16.5. The van der Waals surface area contributed by atoms with Gasteiger partial charge in [-0.1, -0.05) is 36.4 Å². The lowest BCUT2D eigenvalue weighted by Crippen LogP contribution is -2.49. The molecular formula is C15H16O3. The number of aliphatic hydroxyl groups is 1. The lowest BCUT2D eigenvalue weighted by Gasteiger charge is -2.39. The van der Waals surface area contributed by atoms with Gasteiger partial charge in [-0.3, -0.25) is 0 Å². The summed E-state index contributed by atoms with van der Waals surface area (Å²) in [6.07, 6.45) is 0. The second-order valence-corrected chi connectivity index (χ2v) is 4.92. The van der Waals surface area contributed by atoms with E-state index < -0.39 is 0 Å². The SMILES string of the molecule is OCC1(COc2cccc3ccccc23)COC1. The van der Waals surface area contributed by atoms with Crippen LogP contribution >= 0.6 is 0 Å². The van der Waals surface area contributed by atoms with Crippen molar-refractivity contribution in [2.45, 2.75) is 0 Å². The van der Waals surface area contributed by atoms with Crippen molar-refractivity contribution >= 4 is 10.8 Å². The molecule has 0 amide bonds. The highest BCUT2D eigenvalue weighted by molar-refractivity contribution is 5.88. The zero-order valence-corrected chi connectivity index (χ0v) is 10.1. The van der Waals surface area contributed by atoms with Gasteiger partial charge in [0.05, 0.1) is 25.2 Å². The van der Waals surface area contributed by atoms with Gasteiger partial charge >= 0.3 is 0 Å². The Labute approximate surface area is 106 Å². The summed E-state index contributed by atoms with van der Waals surface area (Å²) in [6, 6.07) is 14.2. The number of fused-ring (bicyclic) bond motifs is 1. The van der Waals surface area contributed by atoms with E-state index in [4.69, 9.17) is 9.47 Å². The van der Waals surface area contributed by atoms with Crippen LogP contribution in [0.25, 0.3) is 10.8 Å². The molecule has 0 bridgehead atoms. The Morgan fingerprint density at radius 1 is 1.11 bits per heavy atom. The smallest absolute Gasteiger partial charge is 0.127 e. The summed E-state index contributed by atoms with van der Waals surface area (Å²) in [6.45, 7) is 1.76. The van der Waals surface area contributed by atoms with Crippen LogP contribution in [0, 0.1) is 5.41 Å². The molecule has 0 radical (unpaired) electrons. The van der Waals surface area contributed by atoms with Gasteiger partial charge in [0, 0.05) is 5.39 Å². The van der Waals surface area contributed by atoms with Gasteiger partial charge in [-0.15, -0.1) is 0 Å². The van der Waals surface area contributed by atoms with Crippen LogP contribution in [-0.2, 0) is 4.74 Å². The number of aliphatic hydroxyl groups excluding tert-OH is 1. The molecule has 2 aromatic rings. The first kappa shape index (κ1) is 11.5. The molecule has 1 heterocycles. The summed E-state index contributed by atoms with van der Waals surface area (Å²) in [5.74, 6) is 0.868. The third-order valence-electron chi connectivity index (χ3n) is 3.44. The first-order valence-electron chi connectivity index (χ1n) is 6.12. The number of ether oxygens (including phenoxy) is 2. The predicted molar refractivity (Wildman–Crippen MR) is 69.8 cm³/mol. The van der Waals surface area contributed by atoms with E-state index in [1.54, 1.807) is 0 Å². The molecule has 0 saturated carbocycles. The van der Waals surface area contributed by atoms with Gasteiger partial charge < -0.3 is 14.6 Å². The van der Waals surface area contributed by atoms with Crippen molar-refractivity contribution < 1.29 is 14.6 Å². The van der Waals surface area contributed by atoms with E-state index in [0.717, 1.165) is 16.5 Å². The highest BCUT2D eigenvalue weighted by Crippen LogP contribution is 2.30. The number of hydrogen-bond donors (Lipinski definition) is 1. The van der Waals surface area contributed by atoms with Crippen LogP contribution in [0.5, 0.6) is 5.75 Å². The minimum Gasteiger partial charge on any atom is -0.492 e. The molecule has 3 nitrogen and oxygen atoms in total. The minimum atomic E-state index is -0.211. The van der Waals surface area contributed by atoms with Gasteiger partial charge in [0.1, 0.15) is 12.4 Å². The van der Waals surface area contributed by atoms with Gasteiger partial charge in [0.15, 0.2) is 0 Å². The van der Waals surface area contributed by atoms with Crippen molar-refractivity contribution in [3.8, 4) is 5.75 Å². The average molecular weight is 244 g/mol. The number of benzene rings is 2. The highest BCUT2D eigenvalue weighted by Gasteiger charge is 2.39. The molecule has 94 valence electrons. The van der Waals surface area contributed by atoms with Crippen LogP contribution in [0.4, 0.5) is 0 Å². The lowest BCUT2D eigenvalue weighted by molar-refractivity contribution is -0.153. The maximum atomic E-state index is 9.37. The molecule has 0 aliphatic carbocycles. The van der Waals surface area contributed by atoms with Crippen molar-refractivity contribution in [2.75, 3.05) is 26.4 Å². The normalized spacial score (nSPS) is 17.4. The van der Waals surface area contributed by atoms with Crippen molar-refractivity contribution in [3.63, 3.8) is 0 Å². The number of hydrogen-bond acceptors (Lipinski definition) is 3. The maximum Gasteiger partial charge on any atom is 0.127 e. The first-order valence-corrected chi connectivity index (χ1v) is 6.12. The average Bonchev–Trinajstić information content (AvgIpc) is 2.38. The fourth-order valence-corrected chi connectivity index (χ4v) is 2.16. The van der Waals surface area contributed by atoms with E-state index in [2.05, 4.69) is 12.1 Å². The van der Waals surface area contributed by atoms with Crippen molar-refractivity contribution in [1.29, 1.82) is 0 Å². The topological polar surface area (TPSA) is 38.7 Å². The summed E-state index contributed by atoms with van der Waals surface area (Å²) in [4.78, 5) is 0. The maximum absolute atomic E-state index is 9.37. The Morgan fingerprint density at radius 2 is 1.89 bits per heavy atom. The van der Waals surface area contributed by atoms with Crippen LogP contribution in [-0.4, -0.2) is 31.5 Å². The molecule has 3 heteroatoms. The lowest BCUT2D eigenvalue weighted by atomic mass is 9.88. The fraction of sp³-hybridized carbons (Fsp3) is 0.333.